The second kappa shape index (κ2) is 8.63. The van der Waals surface area contributed by atoms with Crippen LogP contribution in [0, 0.1) is 0 Å². The lowest BCUT2D eigenvalue weighted by Crippen LogP contribution is -2.36. The van der Waals surface area contributed by atoms with Gasteiger partial charge in [-0.3, -0.25) is 5.32 Å². The Bertz CT molecular complexity index is 1040. The maximum Gasteiger partial charge on any atom is 0.320 e. The van der Waals surface area contributed by atoms with E-state index in [9.17, 15) is 4.79 Å². The van der Waals surface area contributed by atoms with Gasteiger partial charge in [-0.25, -0.2) is 9.78 Å². The average Bonchev–Trinajstić information content (AvgIpc) is 3.09. The maximum absolute atomic E-state index is 11.6. The zero-order valence-corrected chi connectivity index (χ0v) is 17.7. The van der Waals surface area contributed by atoms with E-state index in [1.807, 2.05) is 37.3 Å². The van der Waals surface area contributed by atoms with E-state index in [0.29, 0.717) is 12.4 Å². The van der Waals surface area contributed by atoms with E-state index in [1.165, 1.54) is 11.1 Å². The van der Waals surface area contributed by atoms with Crippen molar-refractivity contribution in [2.75, 3.05) is 11.9 Å². The number of nitrogens with one attached hydrogen (secondary N) is 3. The number of nitrogens with zero attached hydrogens (tertiary/aromatic N) is 2. The minimum Gasteiger partial charge on any atom is -0.364 e. The molecule has 1 unspecified atom stereocenters. The van der Waals surface area contributed by atoms with Crippen LogP contribution < -0.4 is 16.0 Å². The van der Waals surface area contributed by atoms with Crippen LogP contribution in [0.2, 0.25) is 5.02 Å². The Balaban J connectivity index is 1.55. The van der Waals surface area contributed by atoms with Gasteiger partial charge in [0.25, 0.3) is 0 Å². The van der Waals surface area contributed by atoms with Crippen LogP contribution in [0.3, 0.4) is 0 Å². The second-order valence-corrected chi connectivity index (χ2v) is 7.77. The number of allylic oxidation sites excluding steroid dienone is 3. The van der Waals surface area contributed by atoms with Crippen LogP contribution in [-0.2, 0) is 6.42 Å². The topological polar surface area (TPSA) is 69.3 Å². The molecule has 0 saturated carbocycles. The van der Waals surface area contributed by atoms with Crippen molar-refractivity contribution in [2.24, 2.45) is 0 Å². The van der Waals surface area contributed by atoms with Crippen LogP contribution in [0.1, 0.15) is 25.0 Å². The molecular formula is C23H24ClN5O. The van der Waals surface area contributed by atoms with Crippen LogP contribution >= 0.6 is 11.6 Å². The molecule has 7 heteroatoms. The molecule has 3 N–H and O–H groups in total. The largest absolute Gasteiger partial charge is 0.364 e. The van der Waals surface area contributed by atoms with Crippen molar-refractivity contribution in [3.05, 3.63) is 88.5 Å². The molecule has 3 heterocycles. The molecule has 6 nitrogen and oxygen atoms in total. The Morgan fingerprint density at radius 3 is 2.87 bits per heavy atom. The molecule has 2 aliphatic heterocycles. The fourth-order valence-electron chi connectivity index (χ4n) is 3.65. The van der Waals surface area contributed by atoms with Gasteiger partial charge in [0.15, 0.2) is 0 Å². The number of anilines is 1. The standard InChI is InChI=1S/C23H24ClN5O/c1-3-25-23(30)28-21-8-7-16(12-26-21)9-17-10-20(18-5-4-6-19(24)11-18)22-27-15(2)13-29(22)14-17/h4-8,10-14,22,27H,3,9H2,1-2H3,(H2,25,26,28,30). The number of hydrogen-bond donors (Lipinski definition) is 3. The highest BCUT2D eigenvalue weighted by Crippen LogP contribution is 2.33. The van der Waals surface area contributed by atoms with E-state index in [4.69, 9.17) is 11.6 Å². The number of aromatic nitrogens is 1. The monoisotopic (exact) mass is 421 g/mol. The van der Waals surface area contributed by atoms with Crippen molar-refractivity contribution >= 4 is 29.0 Å². The quantitative estimate of drug-likeness (QED) is 0.665. The first-order valence-electron chi connectivity index (χ1n) is 9.92. The molecule has 2 aliphatic rings. The van der Waals surface area contributed by atoms with Gasteiger partial charge in [-0.05, 0) is 54.8 Å². The highest BCUT2D eigenvalue weighted by molar-refractivity contribution is 6.30. The summed E-state index contributed by atoms with van der Waals surface area (Å²) in [5.74, 6) is 0.528. The normalized spacial score (nSPS) is 17.4. The second-order valence-electron chi connectivity index (χ2n) is 7.33. The molecule has 0 bridgehead atoms. The Hall–Kier alpha value is -3.25. The molecule has 0 aliphatic carbocycles. The van der Waals surface area contributed by atoms with Crippen LogP contribution in [0.15, 0.2) is 72.3 Å². The molecule has 2 amide bonds. The number of rotatable bonds is 5. The van der Waals surface area contributed by atoms with E-state index < -0.39 is 0 Å². The molecule has 1 aromatic heterocycles. The lowest BCUT2D eigenvalue weighted by Gasteiger charge is -2.30. The number of carbonyl (C=O) groups is 1. The third kappa shape index (κ3) is 4.49. The highest BCUT2D eigenvalue weighted by Gasteiger charge is 2.28. The molecule has 2 aromatic rings. The molecule has 4 rings (SSSR count). The van der Waals surface area contributed by atoms with Crippen molar-refractivity contribution < 1.29 is 4.79 Å². The first-order chi connectivity index (χ1) is 14.5. The summed E-state index contributed by atoms with van der Waals surface area (Å²) in [5.41, 5.74) is 5.62. The summed E-state index contributed by atoms with van der Waals surface area (Å²) in [6.45, 7) is 4.50. The molecule has 1 aromatic carbocycles. The minimum absolute atomic E-state index is 0.0639. The van der Waals surface area contributed by atoms with Crippen molar-refractivity contribution in [2.45, 2.75) is 26.4 Å². The van der Waals surface area contributed by atoms with Gasteiger partial charge in [-0.1, -0.05) is 29.8 Å². The van der Waals surface area contributed by atoms with Gasteiger partial charge in [-0.15, -0.1) is 0 Å². The van der Waals surface area contributed by atoms with Crippen molar-refractivity contribution in [3.8, 4) is 0 Å². The maximum atomic E-state index is 11.6. The van der Waals surface area contributed by atoms with Gasteiger partial charge in [0, 0.05) is 47.9 Å². The van der Waals surface area contributed by atoms with E-state index in [0.717, 1.165) is 28.3 Å². The zero-order valence-electron chi connectivity index (χ0n) is 16.9. The van der Waals surface area contributed by atoms with Gasteiger partial charge in [0.05, 0.1) is 0 Å². The van der Waals surface area contributed by atoms with Gasteiger partial charge < -0.3 is 15.5 Å². The fraction of sp³-hybridized carbons (Fsp3) is 0.217. The van der Waals surface area contributed by atoms with E-state index in [2.05, 4.69) is 57.3 Å². The molecule has 0 fully saturated rings. The smallest absolute Gasteiger partial charge is 0.320 e. The Kier molecular flexibility index (Phi) is 5.77. The number of carbonyl (C=O) groups excluding carboxylic acids is 1. The molecule has 0 saturated heterocycles. The summed E-state index contributed by atoms with van der Waals surface area (Å²) >= 11 is 6.24. The third-order valence-electron chi connectivity index (χ3n) is 4.93. The SMILES string of the molecule is CCNC(=O)Nc1ccc(CC2=CN3C=C(C)NC3C(c3cccc(Cl)c3)=C2)cn1. The molecule has 1 atom stereocenters. The molecule has 154 valence electrons. The number of amides is 2. The summed E-state index contributed by atoms with van der Waals surface area (Å²) in [7, 11) is 0. The van der Waals surface area contributed by atoms with Gasteiger partial charge in [0.2, 0.25) is 0 Å². The number of pyridine rings is 1. The van der Waals surface area contributed by atoms with Crippen molar-refractivity contribution in [3.63, 3.8) is 0 Å². The summed E-state index contributed by atoms with van der Waals surface area (Å²) in [5, 5.41) is 9.65. The van der Waals surface area contributed by atoms with Crippen LogP contribution in [0.5, 0.6) is 0 Å². The van der Waals surface area contributed by atoms with Gasteiger partial charge >= 0.3 is 6.03 Å². The summed E-state index contributed by atoms with van der Waals surface area (Å²) in [6.07, 6.45) is 9.07. The first-order valence-corrected chi connectivity index (χ1v) is 10.3. The lowest BCUT2D eigenvalue weighted by atomic mass is 9.95. The van der Waals surface area contributed by atoms with Crippen molar-refractivity contribution in [1.29, 1.82) is 0 Å². The van der Waals surface area contributed by atoms with Gasteiger partial charge in [-0.2, -0.15) is 0 Å². The third-order valence-corrected chi connectivity index (χ3v) is 5.16. The number of hydrogen-bond acceptors (Lipinski definition) is 4. The minimum atomic E-state index is -0.253. The highest BCUT2D eigenvalue weighted by atomic mass is 35.5. The number of halogens is 1. The number of benzene rings is 1. The molecular weight excluding hydrogens is 398 g/mol. The zero-order chi connectivity index (χ0) is 21.1. The Morgan fingerprint density at radius 1 is 1.27 bits per heavy atom. The predicted octanol–water partition coefficient (Wildman–Crippen LogP) is 4.49. The van der Waals surface area contributed by atoms with Crippen LogP contribution in [0.4, 0.5) is 10.6 Å². The molecule has 0 spiro atoms. The fourth-order valence-corrected chi connectivity index (χ4v) is 3.84. The van der Waals surface area contributed by atoms with Crippen molar-refractivity contribution in [1.82, 2.24) is 20.5 Å². The summed E-state index contributed by atoms with van der Waals surface area (Å²) < 4.78 is 0. The lowest BCUT2D eigenvalue weighted by molar-refractivity contribution is 0.252. The Labute approximate surface area is 181 Å². The molecule has 30 heavy (non-hydrogen) atoms. The summed E-state index contributed by atoms with van der Waals surface area (Å²) in [4.78, 5) is 18.2. The Morgan fingerprint density at radius 2 is 2.13 bits per heavy atom. The van der Waals surface area contributed by atoms with E-state index in [-0.39, 0.29) is 12.2 Å². The van der Waals surface area contributed by atoms with E-state index >= 15 is 0 Å². The van der Waals surface area contributed by atoms with Crippen LogP contribution in [-0.4, -0.2) is 28.6 Å². The predicted molar refractivity (Wildman–Crippen MR) is 121 cm³/mol. The average molecular weight is 422 g/mol. The van der Waals surface area contributed by atoms with Gasteiger partial charge in [0.1, 0.15) is 12.0 Å². The molecule has 0 radical (unpaired) electrons. The van der Waals surface area contributed by atoms with Crippen LogP contribution in [0.25, 0.3) is 5.57 Å². The number of fused-ring (bicyclic) bond motifs is 1. The summed E-state index contributed by atoms with van der Waals surface area (Å²) in [6, 6.07) is 11.5. The first kappa shape index (κ1) is 20.0. The van der Waals surface area contributed by atoms with E-state index in [1.54, 1.807) is 6.20 Å². The number of urea groups is 1.